The normalized spacial score (nSPS) is 26.1. The maximum Gasteiger partial charge on any atom is 0.265 e. The average Bonchev–Trinajstić information content (AvgIpc) is 3.01. The van der Waals surface area contributed by atoms with Crippen molar-refractivity contribution < 1.29 is 0 Å². The minimum Gasteiger partial charge on any atom is -0.327 e. The molecule has 1 saturated carbocycles. The van der Waals surface area contributed by atoms with E-state index in [2.05, 4.69) is 75.5 Å². The maximum absolute atomic E-state index is 4.66. The lowest BCUT2D eigenvalue weighted by Crippen LogP contribution is -2.36. The summed E-state index contributed by atoms with van der Waals surface area (Å²) in [5.41, 5.74) is 7.82. The lowest BCUT2D eigenvalue weighted by atomic mass is 9.59. The van der Waals surface area contributed by atoms with Gasteiger partial charge in [0, 0.05) is 18.6 Å². The Balaban J connectivity index is 1.35. The van der Waals surface area contributed by atoms with E-state index in [1.54, 1.807) is 5.57 Å². The number of allylic oxidation sites excluding steroid dienone is 2. The summed E-state index contributed by atoms with van der Waals surface area (Å²) in [4.78, 5) is 4.66. The largest absolute Gasteiger partial charge is 0.327 e. The highest BCUT2D eigenvalue weighted by Gasteiger charge is 2.40. The number of hydrogen-bond donors (Lipinski definition) is 1. The zero-order chi connectivity index (χ0) is 20.9. The number of fused-ring (bicyclic) bond motifs is 4. The minimum atomic E-state index is 0.385. The van der Waals surface area contributed by atoms with E-state index in [1.807, 2.05) is 19.2 Å². The second kappa shape index (κ2) is 7.18. The van der Waals surface area contributed by atoms with E-state index < -0.39 is 0 Å². The van der Waals surface area contributed by atoms with Gasteiger partial charge in [0.05, 0.1) is 5.52 Å². The van der Waals surface area contributed by atoms with Crippen LogP contribution in [0.25, 0.3) is 22.1 Å². The Hall–Kier alpha value is -2.76. The van der Waals surface area contributed by atoms with Gasteiger partial charge in [0.1, 0.15) is 5.52 Å². The molecule has 5 rings (SSSR count). The van der Waals surface area contributed by atoms with Crippen LogP contribution < -0.4 is 5.43 Å². The van der Waals surface area contributed by atoms with Crippen LogP contribution in [0.1, 0.15) is 46.5 Å². The molecule has 3 atom stereocenters. The highest BCUT2D eigenvalue weighted by atomic mass is 15.4. The van der Waals surface area contributed by atoms with Gasteiger partial charge >= 0.3 is 0 Å². The fourth-order valence-corrected chi connectivity index (χ4v) is 5.42. The maximum atomic E-state index is 4.66. The molecule has 30 heavy (non-hydrogen) atoms. The molecule has 2 aliphatic carbocycles. The molecule has 0 amide bonds. The van der Waals surface area contributed by atoms with Crippen molar-refractivity contribution in [3.63, 3.8) is 0 Å². The number of aromatic nitrogens is 4. The van der Waals surface area contributed by atoms with Crippen LogP contribution >= 0.6 is 0 Å². The van der Waals surface area contributed by atoms with Crippen molar-refractivity contribution in [3.8, 4) is 0 Å². The predicted molar refractivity (Wildman–Crippen MR) is 122 cm³/mol. The first kappa shape index (κ1) is 19.2. The van der Waals surface area contributed by atoms with Crippen LogP contribution in [0.3, 0.4) is 0 Å². The summed E-state index contributed by atoms with van der Waals surface area (Å²) in [6.07, 6.45) is 9.43. The molecule has 0 aliphatic heterocycles. The fourth-order valence-electron chi connectivity index (χ4n) is 5.42. The number of para-hydroxylation sites is 1. The Labute approximate surface area is 177 Å². The molecule has 0 radical (unpaired) electrons. The third-order valence-electron chi connectivity index (χ3n) is 7.32. The molecule has 2 aromatic heterocycles. The standard InChI is InChI=1S/C24H30N6/c1-15-12-16-8-7-11-24(2,3)19(16)13-17(15)14-25-28-23-26-22-21(27-29-23)18-9-5-6-10-20(18)30(22)4/h5-6,8-10,14-15,17,19H,7,11-13H2,1-4H3,(H,26,28,29)/t15-,17-,19-/m1/s1. The van der Waals surface area contributed by atoms with Crippen molar-refractivity contribution in [1.29, 1.82) is 0 Å². The number of hydrazone groups is 1. The first-order chi connectivity index (χ1) is 14.4. The molecule has 6 heteroatoms. The van der Waals surface area contributed by atoms with Gasteiger partial charge in [0.2, 0.25) is 0 Å². The first-order valence-electron chi connectivity index (χ1n) is 11.0. The number of hydrogen-bond acceptors (Lipinski definition) is 5. The van der Waals surface area contributed by atoms with Gasteiger partial charge in [-0.15, -0.1) is 10.2 Å². The van der Waals surface area contributed by atoms with Crippen LogP contribution in [-0.2, 0) is 7.05 Å². The number of nitrogens with one attached hydrogen (secondary N) is 1. The van der Waals surface area contributed by atoms with Gasteiger partial charge in [-0.2, -0.15) is 10.1 Å². The SMILES string of the molecule is C[C@@H]1CC2=CCCC(C)(C)[C@@H]2C[C@@H]1C=NNc1nnc2c3ccccc3n(C)c2n1. The molecule has 1 fully saturated rings. The summed E-state index contributed by atoms with van der Waals surface area (Å²) in [5, 5.41) is 14.3. The highest BCUT2D eigenvalue weighted by molar-refractivity contribution is 6.04. The number of nitrogens with zero attached hydrogens (tertiary/aromatic N) is 5. The van der Waals surface area contributed by atoms with Gasteiger partial charge in [0.25, 0.3) is 5.95 Å². The van der Waals surface area contributed by atoms with E-state index >= 15 is 0 Å². The molecule has 3 aromatic rings. The van der Waals surface area contributed by atoms with Crippen molar-refractivity contribution in [1.82, 2.24) is 19.7 Å². The molecule has 2 heterocycles. The Kier molecular flexibility index (Phi) is 4.60. The molecule has 0 saturated heterocycles. The first-order valence-corrected chi connectivity index (χ1v) is 11.0. The van der Waals surface area contributed by atoms with E-state index in [1.165, 1.54) is 25.7 Å². The number of anilines is 1. The Morgan fingerprint density at radius 3 is 2.93 bits per heavy atom. The van der Waals surface area contributed by atoms with Gasteiger partial charge in [-0.05, 0) is 54.9 Å². The van der Waals surface area contributed by atoms with E-state index in [9.17, 15) is 0 Å². The molecular formula is C24H30N6. The molecular weight excluding hydrogens is 372 g/mol. The van der Waals surface area contributed by atoms with Crippen LogP contribution in [0, 0.1) is 23.2 Å². The molecule has 156 valence electrons. The lowest BCUT2D eigenvalue weighted by molar-refractivity contribution is 0.149. The van der Waals surface area contributed by atoms with Gasteiger partial charge in [-0.1, -0.05) is 50.6 Å². The minimum absolute atomic E-state index is 0.385. The summed E-state index contributed by atoms with van der Waals surface area (Å²) in [7, 11) is 2.01. The predicted octanol–water partition coefficient (Wildman–Crippen LogP) is 5.32. The van der Waals surface area contributed by atoms with Crippen molar-refractivity contribution in [2.45, 2.75) is 46.5 Å². The fraction of sp³-hybridized carbons (Fsp3) is 0.500. The molecule has 1 aromatic carbocycles. The lowest BCUT2D eigenvalue weighted by Gasteiger charge is -2.46. The molecule has 2 aliphatic rings. The smallest absolute Gasteiger partial charge is 0.265 e. The molecule has 0 spiro atoms. The third-order valence-corrected chi connectivity index (χ3v) is 7.32. The van der Waals surface area contributed by atoms with Crippen molar-refractivity contribution in [2.75, 3.05) is 5.43 Å². The van der Waals surface area contributed by atoms with Crippen molar-refractivity contribution in [3.05, 3.63) is 35.9 Å². The monoisotopic (exact) mass is 402 g/mol. The topological polar surface area (TPSA) is 68.0 Å². The molecule has 0 unspecified atom stereocenters. The zero-order valence-corrected chi connectivity index (χ0v) is 18.3. The second-order valence-corrected chi connectivity index (χ2v) is 9.71. The van der Waals surface area contributed by atoms with Crippen LogP contribution in [0.5, 0.6) is 0 Å². The van der Waals surface area contributed by atoms with Crippen LogP contribution in [0.15, 0.2) is 41.0 Å². The van der Waals surface area contributed by atoms with E-state index in [-0.39, 0.29) is 0 Å². The van der Waals surface area contributed by atoms with Crippen LogP contribution in [-0.4, -0.2) is 26.0 Å². The number of aryl methyl sites for hydroxylation is 1. The number of benzene rings is 1. The van der Waals surface area contributed by atoms with Gasteiger partial charge in [-0.25, -0.2) is 5.43 Å². The van der Waals surface area contributed by atoms with Crippen LogP contribution in [0.2, 0.25) is 0 Å². The van der Waals surface area contributed by atoms with Crippen molar-refractivity contribution in [2.24, 2.45) is 35.3 Å². The third kappa shape index (κ3) is 3.18. The zero-order valence-electron chi connectivity index (χ0n) is 18.3. The summed E-state index contributed by atoms with van der Waals surface area (Å²) >= 11 is 0. The molecule has 6 nitrogen and oxygen atoms in total. The van der Waals surface area contributed by atoms with Gasteiger partial charge < -0.3 is 4.57 Å². The second-order valence-electron chi connectivity index (χ2n) is 9.71. The van der Waals surface area contributed by atoms with E-state index in [0.29, 0.717) is 29.1 Å². The summed E-state index contributed by atoms with van der Waals surface area (Å²) < 4.78 is 2.05. The molecule has 1 N–H and O–H groups in total. The molecule has 0 bridgehead atoms. The van der Waals surface area contributed by atoms with Crippen LogP contribution in [0.4, 0.5) is 5.95 Å². The quantitative estimate of drug-likeness (QED) is 0.366. The van der Waals surface area contributed by atoms with E-state index in [4.69, 9.17) is 0 Å². The van der Waals surface area contributed by atoms with Gasteiger partial charge in [-0.3, -0.25) is 0 Å². The van der Waals surface area contributed by atoms with Crippen molar-refractivity contribution >= 4 is 34.2 Å². The van der Waals surface area contributed by atoms with Gasteiger partial charge in [0.15, 0.2) is 5.65 Å². The Morgan fingerprint density at radius 1 is 1.23 bits per heavy atom. The summed E-state index contributed by atoms with van der Waals surface area (Å²) in [5.74, 6) is 2.17. The number of rotatable bonds is 3. The Morgan fingerprint density at radius 2 is 2.07 bits per heavy atom. The highest BCUT2D eigenvalue weighted by Crippen LogP contribution is 2.50. The summed E-state index contributed by atoms with van der Waals surface area (Å²) in [6, 6.07) is 8.17. The van der Waals surface area contributed by atoms with E-state index in [0.717, 1.165) is 22.1 Å². The average molecular weight is 403 g/mol. The summed E-state index contributed by atoms with van der Waals surface area (Å²) in [6.45, 7) is 7.19. The Bertz CT molecular complexity index is 1160.